The molecule has 0 spiro atoms. The first-order valence-corrected chi connectivity index (χ1v) is 8.51. The predicted octanol–water partition coefficient (Wildman–Crippen LogP) is 3.49. The molecule has 0 atom stereocenters. The zero-order chi connectivity index (χ0) is 18.8. The number of methoxy groups -OCH3 is 1. The SMILES string of the molecule is COc1ccc(/C=C2\C(=O)NC(=S)N(c3ccccc3Cl)C2=O)c(C)c1. The molecule has 0 bridgehead atoms. The Kier molecular flexibility index (Phi) is 5.06. The van der Waals surface area contributed by atoms with E-state index in [9.17, 15) is 9.59 Å². The van der Waals surface area contributed by atoms with Crippen molar-refractivity contribution in [3.63, 3.8) is 0 Å². The van der Waals surface area contributed by atoms with Crippen LogP contribution in [0.4, 0.5) is 5.69 Å². The molecule has 7 heteroatoms. The second-order valence-corrected chi connectivity index (χ2v) is 6.43. The number of halogens is 1. The number of nitrogens with zero attached hydrogens (tertiary/aromatic N) is 1. The van der Waals surface area contributed by atoms with Crippen LogP contribution in [0, 0.1) is 6.92 Å². The number of anilines is 1. The third-order valence-corrected chi connectivity index (χ3v) is 4.58. The molecule has 26 heavy (non-hydrogen) atoms. The zero-order valence-corrected chi connectivity index (χ0v) is 15.6. The number of thiocarbonyl (C=S) groups is 1. The van der Waals surface area contributed by atoms with Gasteiger partial charge in [-0.15, -0.1) is 0 Å². The van der Waals surface area contributed by atoms with Crippen LogP contribution in [-0.2, 0) is 9.59 Å². The summed E-state index contributed by atoms with van der Waals surface area (Å²) in [5.41, 5.74) is 2.00. The molecule has 1 aliphatic heterocycles. The summed E-state index contributed by atoms with van der Waals surface area (Å²) in [5.74, 6) is -0.372. The van der Waals surface area contributed by atoms with E-state index in [4.69, 9.17) is 28.6 Å². The van der Waals surface area contributed by atoms with Crippen LogP contribution >= 0.6 is 23.8 Å². The van der Waals surface area contributed by atoms with E-state index in [1.54, 1.807) is 43.5 Å². The highest BCUT2D eigenvalue weighted by Crippen LogP contribution is 2.29. The summed E-state index contributed by atoms with van der Waals surface area (Å²) in [5, 5.41) is 2.90. The minimum absolute atomic E-state index is 0.00305. The molecule has 2 aromatic rings. The maximum atomic E-state index is 13.0. The first kappa shape index (κ1) is 18.1. The van der Waals surface area contributed by atoms with Gasteiger partial charge in [-0.05, 0) is 60.6 Å². The molecule has 1 heterocycles. The van der Waals surface area contributed by atoms with E-state index in [0.717, 1.165) is 11.1 Å². The molecule has 1 saturated heterocycles. The van der Waals surface area contributed by atoms with Crippen molar-refractivity contribution < 1.29 is 14.3 Å². The number of para-hydroxylation sites is 1. The predicted molar refractivity (Wildman–Crippen MR) is 105 cm³/mol. The maximum Gasteiger partial charge on any atom is 0.270 e. The molecule has 2 amide bonds. The van der Waals surface area contributed by atoms with Crippen molar-refractivity contribution in [3.8, 4) is 5.75 Å². The molecule has 0 unspecified atom stereocenters. The topological polar surface area (TPSA) is 58.6 Å². The van der Waals surface area contributed by atoms with Gasteiger partial charge in [-0.25, -0.2) is 0 Å². The van der Waals surface area contributed by atoms with Crippen LogP contribution in [0.15, 0.2) is 48.0 Å². The molecule has 0 radical (unpaired) electrons. The van der Waals surface area contributed by atoms with Gasteiger partial charge in [-0.1, -0.05) is 29.8 Å². The number of carbonyl (C=O) groups excluding carboxylic acids is 2. The molecular weight excluding hydrogens is 372 g/mol. The van der Waals surface area contributed by atoms with E-state index in [1.165, 1.54) is 11.0 Å². The van der Waals surface area contributed by atoms with Crippen LogP contribution in [0.1, 0.15) is 11.1 Å². The van der Waals surface area contributed by atoms with Gasteiger partial charge in [-0.3, -0.25) is 19.8 Å². The van der Waals surface area contributed by atoms with Crippen LogP contribution in [0.2, 0.25) is 5.02 Å². The average Bonchev–Trinajstić information content (AvgIpc) is 2.61. The Morgan fingerprint density at radius 1 is 1.19 bits per heavy atom. The van der Waals surface area contributed by atoms with Crippen molar-refractivity contribution in [1.29, 1.82) is 0 Å². The number of hydrogen-bond acceptors (Lipinski definition) is 4. The molecule has 2 aromatic carbocycles. The number of ether oxygens (including phenoxy) is 1. The van der Waals surface area contributed by atoms with Gasteiger partial charge in [0.15, 0.2) is 5.11 Å². The molecule has 0 saturated carbocycles. The molecule has 1 aliphatic rings. The lowest BCUT2D eigenvalue weighted by atomic mass is 10.0. The summed E-state index contributed by atoms with van der Waals surface area (Å²) in [6, 6.07) is 12.2. The quantitative estimate of drug-likeness (QED) is 0.498. The Hall–Kier alpha value is -2.70. The van der Waals surface area contributed by atoms with Gasteiger partial charge < -0.3 is 4.74 Å². The van der Waals surface area contributed by atoms with Crippen molar-refractivity contribution in [2.45, 2.75) is 6.92 Å². The monoisotopic (exact) mass is 386 g/mol. The fraction of sp³-hybridized carbons (Fsp3) is 0.105. The minimum Gasteiger partial charge on any atom is -0.497 e. The van der Waals surface area contributed by atoms with Crippen molar-refractivity contribution >= 4 is 52.5 Å². The highest BCUT2D eigenvalue weighted by molar-refractivity contribution is 7.80. The van der Waals surface area contributed by atoms with E-state index < -0.39 is 11.8 Å². The molecule has 132 valence electrons. The van der Waals surface area contributed by atoms with Gasteiger partial charge in [0.25, 0.3) is 11.8 Å². The fourth-order valence-electron chi connectivity index (χ4n) is 2.60. The standard InChI is InChI=1S/C19H15ClN2O3S/c1-11-9-13(25-2)8-7-12(11)10-14-17(23)21-19(26)22(18(14)24)16-6-4-3-5-15(16)20/h3-10H,1-2H3,(H,21,23,26)/b14-10+. The number of benzene rings is 2. The molecule has 0 aromatic heterocycles. The maximum absolute atomic E-state index is 13.0. The van der Waals surface area contributed by atoms with Crippen LogP contribution < -0.4 is 15.0 Å². The van der Waals surface area contributed by atoms with Crippen LogP contribution in [-0.4, -0.2) is 24.0 Å². The average molecular weight is 387 g/mol. The Balaban J connectivity index is 2.05. The normalized spacial score (nSPS) is 16.0. The van der Waals surface area contributed by atoms with E-state index in [2.05, 4.69) is 5.32 Å². The van der Waals surface area contributed by atoms with Gasteiger partial charge in [0.1, 0.15) is 11.3 Å². The number of hydrogen-bond donors (Lipinski definition) is 1. The third kappa shape index (κ3) is 3.34. The molecular formula is C19H15ClN2O3S. The Morgan fingerprint density at radius 3 is 2.58 bits per heavy atom. The number of aryl methyl sites for hydroxylation is 1. The largest absolute Gasteiger partial charge is 0.497 e. The number of carbonyl (C=O) groups is 2. The summed E-state index contributed by atoms with van der Waals surface area (Å²) < 4.78 is 5.18. The van der Waals surface area contributed by atoms with E-state index in [0.29, 0.717) is 16.5 Å². The molecule has 0 aliphatic carbocycles. The highest BCUT2D eigenvalue weighted by atomic mass is 35.5. The van der Waals surface area contributed by atoms with Crippen molar-refractivity contribution in [2.75, 3.05) is 12.0 Å². The van der Waals surface area contributed by atoms with Crippen LogP contribution in [0.25, 0.3) is 6.08 Å². The van der Waals surface area contributed by atoms with Gasteiger partial charge in [-0.2, -0.15) is 0 Å². The van der Waals surface area contributed by atoms with Gasteiger partial charge in [0.05, 0.1) is 17.8 Å². The van der Waals surface area contributed by atoms with E-state index in [-0.39, 0.29) is 10.7 Å². The third-order valence-electron chi connectivity index (χ3n) is 3.97. The van der Waals surface area contributed by atoms with Gasteiger partial charge >= 0.3 is 0 Å². The smallest absolute Gasteiger partial charge is 0.270 e. The van der Waals surface area contributed by atoms with E-state index >= 15 is 0 Å². The van der Waals surface area contributed by atoms with Crippen LogP contribution in [0.3, 0.4) is 0 Å². The number of nitrogens with one attached hydrogen (secondary N) is 1. The molecule has 1 N–H and O–H groups in total. The second kappa shape index (κ2) is 7.27. The number of rotatable bonds is 3. The fourth-order valence-corrected chi connectivity index (χ4v) is 3.10. The summed E-state index contributed by atoms with van der Waals surface area (Å²) in [6.07, 6.45) is 1.54. The van der Waals surface area contributed by atoms with Crippen molar-refractivity contribution in [3.05, 3.63) is 64.2 Å². The Labute approximate surface area is 161 Å². The summed E-state index contributed by atoms with van der Waals surface area (Å²) >= 11 is 11.4. The van der Waals surface area contributed by atoms with Crippen LogP contribution in [0.5, 0.6) is 5.75 Å². The lowest BCUT2D eigenvalue weighted by Gasteiger charge is -2.29. The number of amides is 2. The Bertz CT molecular complexity index is 956. The Morgan fingerprint density at radius 2 is 1.92 bits per heavy atom. The summed E-state index contributed by atoms with van der Waals surface area (Å²) in [6.45, 7) is 1.87. The minimum atomic E-state index is -0.543. The van der Waals surface area contributed by atoms with E-state index in [1.807, 2.05) is 13.0 Å². The lowest BCUT2D eigenvalue weighted by Crippen LogP contribution is -2.54. The molecule has 5 nitrogen and oxygen atoms in total. The first-order valence-electron chi connectivity index (χ1n) is 7.73. The summed E-state index contributed by atoms with van der Waals surface area (Å²) in [4.78, 5) is 26.5. The molecule has 1 fully saturated rings. The van der Waals surface area contributed by atoms with Crippen molar-refractivity contribution in [1.82, 2.24) is 5.32 Å². The lowest BCUT2D eigenvalue weighted by molar-refractivity contribution is -0.122. The first-order chi connectivity index (χ1) is 12.4. The second-order valence-electron chi connectivity index (χ2n) is 5.63. The van der Waals surface area contributed by atoms with Gasteiger partial charge in [0.2, 0.25) is 0 Å². The zero-order valence-electron chi connectivity index (χ0n) is 14.1. The summed E-state index contributed by atoms with van der Waals surface area (Å²) in [7, 11) is 1.58. The van der Waals surface area contributed by atoms with Gasteiger partial charge in [0, 0.05) is 0 Å². The van der Waals surface area contributed by atoms with Crippen molar-refractivity contribution in [2.24, 2.45) is 0 Å². The highest BCUT2D eigenvalue weighted by Gasteiger charge is 2.35. The molecule has 3 rings (SSSR count).